The number of morpholine rings is 1. The first-order valence-electron chi connectivity index (χ1n) is 9.16. The van der Waals surface area contributed by atoms with Crippen LogP contribution in [-0.2, 0) is 14.8 Å². The molecule has 2 aromatic rings. The summed E-state index contributed by atoms with van der Waals surface area (Å²) in [4.78, 5) is 0.264. The largest absolute Gasteiger partial charge is 0.491 e. The first-order valence-corrected chi connectivity index (χ1v) is 10.6. The van der Waals surface area contributed by atoms with Crippen LogP contribution in [0.3, 0.4) is 0 Å². The Hall–Kier alpha value is -1.89. The van der Waals surface area contributed by atoms with Crippen molar-refractivity contribution in [1.82, 2.24) is 4.31 Å². The maximum atomic E-state index is 13.3. The van der Waals surface area contributed by atoms with Crippen molar-refractivity contribution in [3.63, 3.8) is 0 Å². The fraction of sp³-hybridized carbons (Fsp3) is 0.429. The minimum Gasteiger partial charge on any atom is -0.491 e. The highest BCUT2D eigenvalue weighted by Crippen LogP contribution is 2.35. The molecule has 0 amide bonds. The van der Waals surface area contributed by atoms with Gasteiger partial charge in [0.2, 0.25) is 10.0 Å². The first kappa shape index (κ1) is 19.9. The topological polar surface area (TPSA) is 55.8 Å². The van der Waals surface area contributed by atoms with Gasteiger partial charge < -0.3 is 9.47 Å². The van der Waals surface area contributed by atoms with E-state index in [2.05, 4.69) is 0 Å². The molecule has 0 aromatic heterocycles. The van der Waals surface area contributed by atoms with E-state index in [1.54, 1.807) is 28.6 Å². The van der Waals surface area contributed by atoms with Crippen LogP contribution in [0.1, 0.15) is 39.4 Å². The van der Waals surface area contributed by atoms with Crippen molar-refractivity contribution < 1.29 is 17.9 Å². The third-order valence-corrected chi connectivity index (χ3v) is 6.69. The van der Waals surface area contributed by atoms with Crippen molar-refractivity contribution in [3.05, 3.63) is 60.2 Å². The second kappa shape index (κ2) is 7.62. The Bertz CT molecular complexity index is 861. The molecule has 1 aliphatic heterocycles. The van der Waals surface area contributed by atoms with E-state index >= 15 is 0 Å². The van der Waals surface area contributed by atoms with Crippen LogP contribution in [0, 0.1) is 0 Å². The van der Waals surface area contributed by atoms with Crippen molar-refractivity contribution >= 4 is 10.0 Å². The van der Waals surface area contributed by atoms with Crippen LogP contribution in [0.15, 0.2) is 59.5 Å². The third kappa shape index (κ3) is 4.34. The quantitative estimate of drug-likeness (QED) is 0.775. The highest BCUT2D eigenvalue weighted by molar-refractivity contribution is 7.89. The first-order chi connectivity index (χ1) is 12.7. The summed E-state index contributed by atoms with van der Waals surface area (Å²) in [5, 5.41) is 0. The van der Waals surface area contributed by atoms with E-state index in [1.165, 1.54) is 0 Å². The van der Waals surface area contributed by atoms with Crippen LogP contribution in [-0.4, -0.2) is 37.5 Å². The van der Waals surface area contributed by atoms with Gasteiger partial charge in [0.15, 0.2) is 0 Å². The van der Waals surface area contributed by atoms with Gasteiger partial charge in [-0.25, -0.2) is 8.42 Å². The molecule has 27 heavy (non-hydrogen) atoms. The lowest BCUT2D eigenvalue weighted by atomic mass is 10.0. The SMILES string of the molecule is CC(C)Oc1ccc(S(=O)(=O)N2CC(c3ccccc3)OCC2(C)C)cc1. The van der Waals surface area contributed by atoms with Gasteiger partial charge in [-0.15, -0.1) is 0 Å². The summed E-state index contributed by atoms with van der Waals surface area (Å²) in [7, 11) is -3.66. The predicted molar refractivity (Wildman–Crippen MR) is 105 cm³/mol. The molecule has 1 saturated heterocycles. The molecular formula is C21H27NO4S. The van der Waals surface area contributed by atoms with Crippen molar-refractivity contribution in [3.8, 4) is 5.75 Å². The molecule has 0 radical (unpaired) electrons. The van der Waals surface area contributed by atoms with Gasteiger partial charge in [0.25, 0.3) is 0 Å². The number of rotatable bonds is 5. The average molecular weight is 390 g/mol. The van der Waals surface area contributed by atoms with Gasteiger partial charge in [-0.1, -0.05) is 30.3 Å². The van der Waals surface area contributed by atoms with Crippen molar-refractivity contribution in [2.24, 2.45) is 0 Å². The molecule has 2 aromatic carbocycles. The number of benzene rings is 2. The normalized spacial score (nSPS) is 20.6. The fourth-order valence-electron chi connectivity index (χ4n) is 3.21. The van der Waals surface area contributed by atoms with Crippen LogP contribution >= 0.6 is 0 Å². The lowest BCUT2D eigenvalue weighted by molar-refractivity contribution is -0.0655. The zero-order valence-electron chi connectivity index (χ0n) is 16.3. The molecule has 1 heterocycles. The lowest BCUT2D eigenvalue weighted by Gasteiger charge is -2.44. The summed E-state index contributed by atoms with van der Waals surface area (Å²) in [6.07, 6.45) is -0.241. The molecule has 0 spiro atoms. The molecule has 0 aliphatic carbocycles. The van der Waals surface area contributed by atoms with Crippen LogP contribution in [0.5, 0.6) is 5.75 Å². The van der Waals surface area contributed by atoms with Gasteiger partial charge in [-0.2, -0.15) is 4.31 Å². The molecule has 6 heteroatoms. The number of hydrogen-bond donors (Lipinski definition) is 0. The minimum absolute atomic E-state index is 0.0391. The summed E-state index contributed by atoms with van der Waals surface area (Å²) in [5.41, 5.74) is 0.353. The minimum atomic E-state index is -3.66. The summed E-state index contributed by atoms with van der Waals surface area (Å²) in [5.74, 6) is 0.660. The average Bonchev–Trinajstić information content (AvgIpc) is 2.62. The Morgan fingerprint density at radius 1 is 1.07 bits per heavy atom. The van der Waals surface area contributed by atoms with E-state index in [-0.39, 0.29) is 23.6 Å². The van der Waals surface area contributed by atoms with Crippen molar-refractivity contribution in [2.75, 3.05) is 13.2 Å². The predicted octanol–water partition coefficient (Wildman–Crippen LogP) is 4.01. The molecule has 1 fully saturated rings. The summed E-state index contributed by atoms with van der Waals surface area (Å²) in [6.45, 7) is 8.27. The Morgan fingerprint density at radius 2 is 1.70 bits per heavy atom. The molecule has 1 atom stereocenters. The van der Waals surface area contributed by atoms with Gasteiger partial charge in [0.05, 0.1) is 29.2 Å². The Morgan fingerprint density at radius 3 is 2.30 bits per heavy atom. The standard InChI is InChI=1S/C21H27NO4S/c1-16(2)26-18-10-12-19(13-11-18)27(23,24)22-14-20(25-15-21(22,3)4)17-8-6-5-7-9-17/h5-13,16,20H,14-15H2,1-4H3. The van der Waals surface area contributed by atoms with Gasteiger partial charge >= 0.3 is 0 Å². The van der Waals surface area contributed by atoms with Crippen LogP contribution < -0.4 is 4.74 Å². The molecule has 5 nitrogen and oxygen atoms in total. The number of sulfonamides is 1. The second-order valence-corrected chi connectivity index (χ2v) is 9.56. The number of nitrogens with zero attached hydrogens (tertiary/aromatic N) is 1. The Kier molecular flexibility index (Phi) is 5.60. The van der Waals surface area contributed by atoms with Crippen molar-refractivity contribution in [1.29, 1.82) is 0 Å². The van der Waals surface area contributed by atoms with Crippen LogP contribution in [0.4, 0.5) is 0 Å². The molecule has 1 unspecified atom stereocenters. The number of hydrogen-bond acceptors (Lipinski definition) is 4. The summed E-state index contributed by atoms with van der Waals surface area (Å²) in [6, 6.07) is 16.4. The van der Waals surface area contributed by atoms with Crippen LogP contribution in [0.25, 0.3) is 0 Å². The Balaban J connectivity index is 1.88. The maximum absolute atomic E-state index is 13.3. The highest BCUT2D eigenvalue weighted by atomic mass is 32.2. The lowest BCUT2D eigenvalue weighted by Crippen LogP contribution is -2.56. The van der Waals surface area contributed by atoms with E-state index in [0.29, 0.717) is 12.4 Å². The second-order valence-electron chi connectivity index (χ2n) is 7.70. The van der Waals surface area contributed by atoms with Crippen LogP contribution in [0.2, 0.25) is 0 Å². The fourth-order valence-corrected chi connectivity index (χ4v) is 4.98. The molecule has 0 saturated carbocycles. The number of ether oxygens (including phenoxy) is 2. The van der Waals surface area contributed by atoms with Gasteiger partial charge in [0.1, 0.15) is 5.75 Å². The smallest absolute Gasteiger partial charge is 0.243 e. The van der Waals surface area contributed by atoms with E-state index < -0.39 is 15.6 Å². The molecular weight excluding hydrogens is 362 g/mol. The highest BCUT2D eigenvalue weighted by Gasteiger charge is 2.43. The van der Waals surface area contributed by atoms with Gasteiger partial charge in [-0.05, 0) is 57.5 Å². The van der Waals surface area contributed by atoms with Gasteiger partial charge in [0, 0.05) is 6.54 Å². The Labute approximate surface area is 162 Å². The van der Waals surface area contributed by atoms with E-state index in [4.69, 9.17) is 9.47 Å². The third-order valence-electron chi connectivity index (χ3n) is 4.60. The molecule has 146 valence electrons. The zero-order valence-corrected chi connectivity index (χ0v) is 17.1. The van der Waals surface area contributed by atoms with Gasteiger partial charge in [-0.3, -0.25) is 0 Å². The van der Waals surface area contributed by atoms with E-state index in [1.807, 2.05) is 58.0 Å². The van der Waals surface area contributed by atoms with E-state index in [9.17, 15) is 8.42 Å². The van der Waals surface area contributed by atoms with E-state index in [0.717, 1.165) is 5.56 Å². The summed E-state index contributed by atoms with van der Waals surface area (Å²) < 4.78 is 39.8. The zero-order chi connectivity index (χ0) is 19.7. The maximum Gasteiger partial charge on any atom is 0.243 e. The molecule has 3 rings (SSSR count). The molecule has 0 bridgehead atoms. The van der Waals surface area contributed by atoms with Crippen molar-refractivity contribution in [2.45, 2.75) is 50.3 Å². The monoisotopic (exact) mass is 389 g/mol. The summed E-state index contributed by atoms with van der Waals surface area (Å²) >= 11 is 0. The molecule has 0 N–H and O–H groups in total. The molecule has 1 aliphatic rings.